The number of furan rings is 1. The van der Waals surface area contributed by atoms with Gasteiger partial charge in [-0.3, -0.25) is 0 Å². The maximum absolute atomic E-state index is 6.26. The van der Waals surface area contributed by atoms with Gasteiger partial charge in [0.15, 0.2) is 5.84 Å². The Balaban J connectivity index is 1.41. The summed E-state index contributed by atoms with van der Waals surface area (Å²) < 4.78 is 6.26. The van der Waals surface area contributed by atoms with E-state index in [0.29, 0.717) is 5.84 Å². The summed E-state index contributed by atoms with van der Waals surface area (Å²) in [7, 11) is 0. The van der Waals surface area contributed by atoms with Crippen LogP contribution in [-0.2, 0) is 0 Å². The Morgan fingerprint density at radius 1 is 0.780 bits per heavy atom. The van der Waals surface area contributed by atoms with Gasteiger partial charge in [-0.05, 0) is 120 Å². The molecule has 0 bridgehead atoms. The normalized spacial score (nSPS) is 15.3. The Labute approximate surface area is 295 Å². The van der Waals surface area contributed by atoms with Crippen LogP contribution in [0.2, 0.25) is 0 Å². The highest BCUT2D eigenvalue weighted by Gasteiger charge is 2.18. The van der Waals surface area contributed by atoms with Crippen LogP contribution in [0.1, 0.15) is 82.1 Å². The summed E-state index contributed by atoms with van der Waals surface area (Å²) >= 11 is 0. The third-order valence-corrected chi connectivity index (χ3v) is 9.82. The minimum absolute atomic E-state index is 0.701. The van der Waals surface area contributed by atoms with Crippen LogP contribution in [0.5, 0.6) is 0 Å². The van der Waals surface area contributed by atoms with E-state index in [1.165, 1.54) is 45.5 Å². The van der Waals surface area contributed by atoms with Crippen LogP contribution in [0.3, 0.4) is 0 Å². The molecule has 248 valence electrons. The van der Waals surface area contributed by atoms with E-state index in [2.05, 4.69) is 137 Å². The van der Waals surface area contributed by atoms with Crippen molar-refractivity contribution in [3.8, 4) is 0 Å². The molecule has 0 spiro atoms. The topological polar surface area (TPSA) is 37.9 Å². The molecule has 7 rings (SSSR count). The minimum atomic E-state index is 0.701. The molecule has 0 saturated heterocycles. The lowest BCUT2D eigenvalue weighted by atomic mass is 9.94. The van der Waals surface area contributed by atoms with Crippen LogP contribution in [0, 0.1) is 0 Å². The van der Waals surface area contributed by atoms with Crippen LogP contribution in [0.15, 0.2) is 159 Å². The van der Waals surface area contributed by atoms with Crippen LogP contribution in [-0.4, -0.2) is 11.5 Å². The first-order chi connectivity index (χ1) is 24.5. The number of nitrogens with zero attached hydrogens (tertiary/aromatic N) is 2. The van der Waals surface area contributed by atoms with Gasteiger partial charge in [0, 0.05) is 22.2 Å². The van der Waals surface area contributed by atoms with Crippen molar-refractivity contribution in [2.75, 3.05) is 0 Å². The molecule has 0 saturated carbocycles. The van der Waals surface area contributed by atoms with Gasteiger partial charge < -0.3 is 4.42 Å². The maximum atomic E-state index is 6.26. The molecule has 6 aromatic rings. The van der Waals surface area contributed by atoms with Crippen molar-refractivity contribution in [3.63, 3.8) is 0 Å². The second kappa shape index (κ2) is 14.9. The highest BCUT2D eigenvalue weighted by molar-refractivity contribution is 6.18. The van der Waals surface area contributed by atoms with Crippen molar-refractivity contribution >= 4 is 55.7 Å². The molecule has 0 N–H and O–H groups in total. The summed E-state index contributed by atoms with van der Waals surface area (Å²) in [5, 5.41) is 6.01. The SMILES string of the molecule is C/C=C\C(=C/c1coc2cccc(C(=N/C(C3=CCCCC3)=C(/C)CC)/N=C(\C)c3ccccc3)c12)c1ccc2c(ccc3ccccc32)c1. The lowest BCUT2D eigenvalue weighted by molar-refractivity contribution is 0.615. The molecule has 1 aliphatic carbocycles. The van der Waals surface area contributed by atoms with Gasteiger partial charge >= 0.3 is 0 Å². The van der Waals surface area contributed by atoms with Crippen molar-refractivity contribution in [2.24, 2.45) is 9.98 Å². The van der Waals surface area contributed by atoms with Crippen LogP contribution >= 0.6 is 0 Å². The second-order valence-electron chi connectivity index (χ2n) is 13.1. The molecule has 50 heavy (non-hydrogen) atoms. The molecule has 3 nitrogen and oxygen atoms in total. The zero-order chi connectivity index (χ0) is 34.5. The first-order valence-electron chi connectivity index (χ1n) is 17.9. The minimum Gasteiger partial charge on any atom is -0.464 e. The lowest BCUT2D eigenvalue weighted by Crippen LogP contribution is -2.07. The molecule has 1 heterocycles. The molecule has 0 amide bonds. The zero-order valence-corrected chi connectivity index (χ0v) is 29.5. The van der Waals surface area contributed by atoms with E-state index in [9.17, 15) is 0 Å². The quantitative estimate of drug-likeness (QED) is 0.0698. The Morgan fingerprint density at radius 2 is 1.58 bits per heavy atom. The molecule has 0 radical (unpaired) electrons. The van der Waals surface area contributed by atoms with E-state index in [-0.39, 0.29) is 0 Å². The van der Waals surface area contributed by atoms with Gasteiger partial charge in [0.25, 0.3) is 0 Å². The molecule has 0 unspecified atom stereocenters. The molecule has 1 aromatic heterocycles. The summed E-state index contributed by atoms with van der Waals surface area (Å²) in [6.45, 7) is 8.56. The monoisotopic (exact) mass is 652 g/mol. The number of rotatable bonds is 8. The molecule has 5 aromatic carbocycles. The summed E-state index contributed by atoms with van der Waals surface area (Å²) in [5.74, 6) is 0.701. The standard InChI is InChI=1S/C47H44N2O/c1-5-16-37(38-27-28-42-39(29-38)26-25-35-19-13-14-22-41(35)42)30-40-31-50-44-24-15-23-43(45(40)44)47(48-33(4)34-17-9-7-10-18-34)49-46(32(3)6-2)36-20-11-8-12-21-36/h5,7,9-10,13-20,22-31H,6,8,11-12,21H2,1-4H3/b16-5-,37-30+,46-32-,48-33+,49-47-. The van der Waals surface area contributed by atoms with E-state index in [4.69, 9.17) is 14.4 Å². The molecule has 3 heteroatoms. The van der Waals surface area contributed by atoms with Gasteiger partial charge in [-0.25, -0.2) is 9.98 Å². The molecule has 0 aliphatic heterocycles. The predicted molar refractivity (Wildman–Crippen MR) is 215 cm³/mol. The maximum Gasteiger partial charge on any atom is 0.160 e. The van der Waals surface area contributed by atoms with Crippen molar-refractivity contribution in [3.05, 3.63) is 167 Å². The second-order valence-corrected chi connectivity index (χ2v) is 13.1. The van der Waals surface area contributed by atoms with Gasteiger partial charge in [0.05, 0.1) is 12.0 Å². The van der Waals surface area contributed by atoms with Crippen LogP contribution in [0.25, 0.3) is 44.2 Å². The van der Waals surface area contributed by atoms with Crippen molar-refractivity contribution in [1.82, 2.24) is 0 Å². The van der Waals surface area contributed by atoms with Crippen molar-refractivity contribution < 1.29 is 4.42 Å². The van der Waals surface area contributed by atoms with Gasteiger partial charge in [-0.2, -0.15) is 0 Å². The summed E-state index contributed by atoms with van der Waals surface area (Å²) in [5.41, 5.74) is 10.7. The van der Waals surface area contributed by atoms with Crippen LogP contribution in [0.4, 0.5) is 0 Å². The van der Waals surface area contributed by atoms with Gasteiger partial charge in [0.1, 0.15) is 5.58 Å². The number of fused-ring (bicyclic) bond motifs is 4. The highest BCUT2D eigenvalue weighted by Crippen LogP contribution is 2.34. The highest BCUT2D eigenvalue weighted by atomic mass is 16.3. The van der Waals surface area contributed by atoms with E-state index in [1.54, 1.807) is 0 Å². The van der Waals surface area contributed by atoms with Crippen molar-refractivity contribution in [2.45, 2.75) is 59.8 Å². The number of aliphatic imine (C=N–C) groups is 2. The van der Waals surface area contributed by atoms with E-state index in [0.717, 1.165) is 69.5 Å². The lowest BCUT2D eigenvalue weighted by Gasteiger charge is -2.17. The largest absolute Gasteiger partial charge is 0.464 e. The Kier molecular flexibility index (Phi) is 9.84. The number of hydrogen-bond donors (Lipinski definition) is 0. The average Bonchev–Trinajstić information content (AvgIpc) is 3.59. The Bertz CT molecular complexity index is 2380. The fraction of sp³-hybridized carbons (Fsp3) is 0.191. The zero-order valence-electron chi connectivity index (χ0n) is 29.5. The number of benzene rings is 5. The number of allylic oxidation sites excluding steroid dienone is 6. The molecular weight excluding hydrogens is 609 g/mol. The summed E-state index contributed by atoms with van der Waals surface area (Å²) in [6.07, 6.45) is 16.3. The number of amidine groups is 1. The molecule has 0 atom stereocenters. The van der Waals surface area contributed by atoms with Crippen molar-refractivity contribution in [1.29, 1.82) is 0 Å². The Morgan fingerprint density at radius 3 is 2.38 bits per heavy atom. The molecule has 0 fully saturated rings. The smallest absolute Gasteiger partial charge is 0.160 e. The average molecular weight is 653 g/mol. The molecule has 1 aliphatic rings. The van der Waals surface area contributed by atoms with E-state index < -0.39 is 0 Å². The summed E-state index contributed by atoms with van der Waals surface area (Å²) in [4.78, 5) is 10.8. The van der Waals surface area contributed by atoms with E-state index in [1.807, 2.05) is 24.5 Å². The fourth-order valence-electron chi connectivity index (χ4n) is 6.99. The third kappa shape index (κ3) is 6.82. The predicted octanol–water partition coefficient (Wildman–Crippen LogP) is 13.3. The van der Waals surface area contributed by atoms with Crippen LogP contribution < -0.4 is 0 Å². The van der Waals surface area contributed by atoms with Gasteiger partial charge in [-0.15, -0.1) is 0 Å². The van der Waals surface area contributed by atoms with Gasteiger partial charge in [0.2, 0.25) is 0 Å². The number of hydrogen-bond acceptors (Lipinski definition) is 2. The van der Waals surface area contributed by atoms with E-state index >= 15 is 0 Å². The first-order valence-corrected chi connectivity index (χ1v) is 17.9. The molecular formula is C47H44N2O. The Hall–Kier alpha value is -5.54. The fourth-order valence-corrected chi connectivity index (χ4v) is 6.99. The van der Waals surface area contributed by atoms with Gasteiger partial charge in [-0.1, -0.05) is 116 Å². The summed E-state index contributed by atoms with van der Waals surface area (Å²) in [6, 6.07) is 36.4. The first kappa shape index (κ1) is 33.0. The third-order valence-electron chi connectivity index (χ3n) is 9.82.